The van der Waals surface area contributed by atoms with Crippen molar-refractivity contribution in [2.75, 3.05) is 13.2 Å². The van der Waals surface area contributed by atoms with E-state index in [-0.39, 0.29) is 5.54 Å². The highest BCUT2D eigenvalue weighted by molar-refractivity contribution is 5.19. The lowest BCUT2D eigenvalue weighted by Gasteiger charge is -2.49. The summed E-state index contributed by atoms with van der Waals surface area (Å²) in [5, 5.41) is 9.13. The van der Waals surface area contributed by atoms with Gasteiger partial charge in [0.1, 0.15) is 0 Å². The second kappa shape index (κ2) is 6.06. The first kappa shape index (κ1) is 14.5. The van der Waals surface area contributed by atoms with Crippen LogP contribution in [-0.2, 0) is 0 Å². The fourth-order valence-electron chi connectivity index (χ4n) is 3.61. The van der Waals surface area contributed by atoms with E-state index in [2.05, 4.69) is 56.0 Å². The zero-order chi connectivity index (χ0) is 13.9. The molecular weight excluding hydrogens is 234 g/mol. The van der Waals surface area contributed by atoms with Crippen LogP contribution in [0.2, 0.25) is 0 Å². The molecule has 1 fully saturated rings. The number of benzene rings is 1. The molecule has 1 aliphatic rings. The smallest absolute Gasteiger partial charge is 0.0433 e. The average Bonchev–Trinajstić information content (AvgIpc) is 2.38. The Morgan fingerprint density at radius 1 is 1.32 bits per heavy atom. The zero-order valence-electron chi connectivity index (χ0n) is 12.5. The summed E-state index contributed by atoms with van der Waals surface area (Å²) < 4.78 is 0. The Morgan fingerprint density at radius 2 is 2.00 bits per heavy atom. The number of piperidine rings is 1. The Balaban J connectivity index is 2.09. The van der Waals surface area contributed by atoms with E-state index in [4.69, 9.17) is 5.11 Å². The first-order chi connectivity index (χ1) is 9.04. The fourth-order valence-corrected chi connectivity index (χ4v) is 3.61. The molecule has 106 valence electrons. The van der Waals surface area contributed by atoms with Crippen LogP contribution in [0.4, 0.5) is 0 Å². The quantitative estimate of drug-likeness (QED) is 0.895. The molecule has 0 saturated carbocycles. The predicted octanol–water partition coefficient (Wildman–Crippen LogP) is 3.62. The van der Waals surface area contributed by atoms with E-state index in [9.17, 15) is 0 Å². The van der Waals surface area contributed by atoms with E-state index in [0.717, 1.165) is 13.0 Å². The molecule has 1 aromatic carbocycles. The van der Waals surface area contributed by atoms with Gasteiger partial charge in [-0.25, -0.2) is 0 Å². The number of rotatable bonds is 4. The molecule has 1 saturated heterocycles. The predicted molar refractivity (Wildman–Crippen MR) is 80.1 cm³/mol. The zero-order valence-corrected chi connectivity index (χ0v) is 12.5. The largest absolute Gasteiger partial charge is 0.396 e. The molecule has 0 radical (unpaired) electrons. The van der Waals surface area contributed by atoms with Crippen molar-refractivity contribution in [1.82, 2.24) is 4.90 Å². The molecule has 2 unspecified atom stereocenters. The van der Waals surface area contributed by atoms with Crippen molar-refractivity contribution < 1.29 is 5.11 Å². The van der Waals surface area contributed by atoms with Gasteiger partial charge in [0.25, 0.3) is 0 Å². The molecule has 0 bridgehead atoms. The van der Waals surface area contributed by atoms with Crippen LogP contribution < -0.4 is 0 Å². The maximum atomic E-state index is 9.13. The summed E-state index contributed by atoms with van der Waals surface area (Å²) in [6, 6.07) is 11.2. The van der Waals surface area contributed by atoms with Crippen LogP contribution in [0.15, 0.2) is 30.3 Å². The number of nitrogens with zero attached hydrogens (tertiary/aromatic N) is 1. The molecule has 0 amide bonds. The van der Waals surface area contributed by atoms with Crippen molar-refractivity contribution in [3.05, 3.63) is 35.9 Å². The topological polar surface area (TPSA) is 23.5 Å². The number of aliphatic hydroxyl groups excluding tert-OH is 1. The summed E-state index contributed by atoms with van der Waals surface area (Å²) in [5.41, 5.74) is 1.61. The molecular formula is C17H27NO. The summed E-state index contributed by atoms with van der Waals surface area (Å²) in [7, 11) is 0. The maximum Gasteiger partial charge on any atom is 0.0433 e. The van der Waals surface area contributed by atoms with Crippen molar-refractivity contribution >= 4 is 0 Å². The van der Waals surface area contributed by atoms with Crippen LogP contribution in [0.5, 0.6) is 0 Å². The summed E-state index contributed by atoms with van der Waals surface area (Å²) in [4.78, 5) is 2.62. The SMILES string of the molecule is CC(c1ccccc1)N1CCC(CCO)CC1(C)C. The second-order valence-electron chi connectivity index (χ2n) is 6.46. The van der Waals surface area contributed by atoms with Gasteiger partial charge in [-0.1, -0.05) is 30.3 Å². The molecule has 2 heteroatoms. The van der Waals surface area contributed by atoms with Crippen molar-refractivity contribution in [2.24, 2.45) is 5.92 Å². The molecule has 2 atom stereocenters. The summed E-state index contributed by atoms with van der Waals surface area (Å²) >= 11 is 0. The number of aliphatic hydroxyl groups is 1. The van der Waals surface area contributed by atoms with E-state index in [1.165, 1.54) is 18.4 Å². The van der Waals surface area contributed by atoms with Gasteiger partial charge < -0.3 is 5.11 Å². The molecule has 1 heterocycles. The molecule has 1 N–H and O–H groups in total. The van der Waals surface area contributed by atoms with Gasteiger partial charge in [-0.15, -0.1) is 0 Å². The third kappa shape index (κ3) is 3.37. The van der Waals surface area contributed by atoms with Crippen molar-refractivity contribution in [3.8, 4) is 0 Å². The number of hydrogen-bond donors (Lipinski definition) is 1. The number of hydrogen-bond acceptors (Lipinski definition) is 2. The first-order valence-electron chi connectivity index (χ1n) is 7.47. The average molecular weight is 261 g/mol. The molecule has 1 aromatic rings. The van der Waals surface area contributed by atoms with Gasteiger partial charge in [-0.05, 0) is 58.1 Å². The summed E-state index contributed by atoms with van der Waals surface area (Å²) in [6.07, 6.45) is 3.35. The van der Waals surface area contributed by atoms with Crippen molar-refractivity contribution in [1.29, 1.82) is 0 Å². The summed E-state index contributed by atoms with van der Waals surface area (Å²) in [5.74, 6) is 0.680. The first-order valence-corrected chi connectivity index (χ1v) is 7.47. The summed E-state index contributed by atoms with van der Waals surface area (Å²) in [6.45, 7) is 8.46. The highest BCUT2D eigenvalue weighted by Gasteiger charge is 2.37. The van der Waals surface area contributed by atoms with E-state index in [0.29, 0.717) is 18.6 Å². The minimum atomic E-state index is 0.216. The minimum Gasteiger partial charge on any atom is -0.396 e. The van der Waals surface area contributed by atoms with Crippen LogP contribution in [0.1, 0.15) is 51.6 Å². The van der Waals surface area contributed by atoms with Gasteiger partial charge >= 0.3 is 0 Å². The van der Waals surface area contributed by atoms with Gasteiger partial charge in [0.2, 0.25) is 0 Å². The molecule has 0 aliphatic carbocycles. The highest BCUT2D eigenvalue weighted by atomic mass is 16.3. The second-order valence-corrected chi connectivity index (χ2v) is 6.46. The Bertz CT molecular complexity index is 388. The fraction of sp³-hybridized carbons (Fsp3) is 0.647. The molecule has 0 aromatic heterocycles. The van der Waals surface area contributed by atoms with E-state index >= 15 is 0 Å². The Labute approximate surface area is 117 Å². The van der Waals surface area contributed by atoms with Gasteiger partial charge in [0, 0.05) is 18.2 Å². The van der Waals surface area contributed by atoms with Crippen LogP contribution in [-0.4, -0.2) is 28.7 Å². The monoisotopic (exact) mass is 261 g/mol. The van der Waals surface area contributed by atoms with Crippen LogP contribution in [0.3, 0.4) is 0 Å². The standard InChI is InChI=1S/C17H27NO/c1-14(16-7-5-4-6-8-16)18-11-9-15(10-12-19)13-17(18,2)3/h4-8,14-15,19H,9-13H2,1-3H3. The van der Waals surface area contributed by atoms with E-state index in [1.54, 1.807) is 0 Å². The Hall–Kier alpha value is -0.860. The molecule has 2 nitrogen and oxygen atoms in total. The van der Waals surface area contributed by atoms with Gasteiger partial charge in [-0.2, -0.15) is 0 Å². The van der Waals surface area contributed by atoms with E-state index in [1.807, 2.05) is 0 Å². The van der Waals surface area contributed by atoms with Gasteiger partial charge in [0.15, 0.2) is 0 Å². The lowest BCUT2D eigenvalue weighted by molar-refractivity contribution is 0.00860. The molecule has 19 heavy (non-hydrogen) atoms. The highest BCUT2D eigenvalue weighted by Crippen LogP contribution is 2.38. The van der Waals surface area contributed by atoms with Crippen molar-refractivity contribution in [3.63, 3.8) is 0 Å². The molecule has 2 rings (SSSR count). The normalized spacial score (nSPS) is 25.2. The molecule has 1 aliphatic heterocycles. The van der Waals surface area contributed by atoms with Gasteiger partial charge in [0.05, 0.1) is 0 Å². The number of likely N-dealkylation sites (tertiary alicyclic amines) is 1. The lowest BCUT2D eigenvalue weighted by Crippen LogP contribution is -2.51. The minimum absolute atomic E-state index is 0.216. The Morgan fingerprint density at radius 3 is 2.58 bits per heavy atom. The van der Waals surface area contributed by atoms with Crippen LogP contribution in [0, 0.1) is 5.92 Å². The Kier molecular flexibility index (Phi) is 4.64. The third-order valence-electron chi connectivity index (χ3n) is 4.63. The maximum absolute atomic E-state index is 9.13. The van der Waals surface area contributed by atoms with Crippen LogP contribution >= 0.6 is 0 Å². The molecule has 0 spiro atoms. The third-order valence-corrected chi connectivity index (χ3v) is 4.63. The van der Waals surface area contributed by atoms with E-state index < -0.39 is 0 Å². The van der Waals surface area contributed by atoms with Gasteiger partial charge in [-0.3, -0.25) is 4.90 Å². The lowest BCUT2D eigenvalue weighted by atomic mass is 9.80. The van der Waals surface area contributed by atoms with Crippen LogP contribution in [0.25, 0.3) is 0 Å². The van der Waals surface area contributed by atoms with Crippen molar-refractivity contribution in [2.45, 2.75) is 51.6 Å².